The van der Waals surface area contributed by atoms with Gasteiger partial charge in [-0.15, -0.1) is 0 Å². The molecule has 3 rings (SSSR count). The van der Waals surface area contributed by atoms with Gasteiger partial charge in [0.2, 0.25) is 0 Å². The van der Waals surface area contributed by atoms with Crippen molar-refractivity contribution >= 4 is 28.4 Å². The predicted molar refractivity (Wildman–Crippen MR) is 108 cm³/mol. The van der Waals surface area contributed by atoms with Crippen LogP contribution in [-0.4, -0.2) is 37.3 Å². The smallest absolute Gasteiger partial charge is 0.267 e. The van der Waals surface area contributed by atoms with Crippen LogP contribution in [0, 0.1) is 0 Å². The number of hydrogen-bond donors (Lipinski definition) is 2. The molecular weight excluding hydrogens is 364 g/mol. The SMILES string of the molecule is COCCOc1ccc(CC(C)NC(=O)c2cc3cc(Cl)ccc3[nH]2)cc1. The summed E-state index contributed by atoms with van der Waals surface area (Å²) in [7, 11) is 1.65. The van der Waals surface area contributed by atoms with Crippen LogP contribution in [0.15, 0.2) is 48.5 Å². The standard InChI is InChI=1S/C21H23ClN2O3/c1-14(11-15-3-6-18(7-4-15)27-10-9-26-2)23-21(25)20-13-16-12-17(22)5-8-19(16)24-20/h3-8,12-14,24H,9-11H2,1-2H3,(H,23,25). The molecule has 0 aliphatic rings. The summed E-state index contributed by atoms with van der Waals surface area (Å²) in [6, 6.07) is 15.2. The Hall–Kier alpha value is -2.50. The minimum atomic E-state index is -0.130. The number of amides is 1. The zero-order valence-corrected chi connectivity index (χ0v) is 16.2. The largest absolute Gasteiger partial charge is 0.491 e. The van der Waals surface area contributed by atoms with Crippen molar-refractivity contribution in [2.24, 2.45) is 0 Å². The van der Waals surface area contributed by atoms with Gasteiger partial charge in [0.15, 0.2) is 0 Å². The number of benzene rings is 2. The molecule has 1 atom stereocenters. The van der Waals surface area contributed by atoms with E-state index in [4.69, 9.17) is 21.1 Å². The third-order valence-corrected chi connectivity index (χ3v) is 4.46. The van der Waals surface area contributed by atoms with Gasteiger partial charge in [0, 0.05) is 29.1 Å². The molecule has 1 amide bonds. The van der Waals surface area contributed by atoms with E-state index in [2.05, 4.69) is 10.3 Å². The summed E-state index contributed by atoms with van der Waals surface area (Å²) in [4.78, 5) is 15.6. The molecule has 5 nitrogen and oxygen atoms in total. The maximum Gasteiger partial charge on any atom is 0.267 e. The number of carbonyl (C=O) groups is 1. The summed E-state index contributed by atoms with van der Waals surface area (Å²) in [5, 5.41) is 4.60. The number of rotatable bonds is 8. The summed E-state index contributed by atoms with van der Waals surface area (Å²) >= 11 is 6.00. The Morgan fingerprint density at radius 3 is 2.67 bits per heavy atom. The van der Waals surface area contributed by atoms with Gasteiger partial charge < -0.3 is 19.8 Å². The molecule has 2 aromatic carbocycles. The van der Waals surface area contributed by atoms with Crippen molar-refractivity contribution in [2.45, 2.75) is 19.4 Å². The van der Waals surface area contributed by atoms with Crippen molar-refractivity contribution in [1.29, 1.82) is 0 Å². The van der Waals surface area contributed by atoms with Gasteiger partial charge in [-0.3, -0.25) is 4.79 Å². The molecule has 0 saturated carbocycles. The second kappa shape index (κ2) is 8.93. The molecule has 1 aromatic heterocycles. The molecule has 27 heavy (non-hydrogen) atoms. The van der Waals surface area contributed by atoms with Gasteiger partial charge in [-0.25, -0.2) is 0 Å². The average molecular weight is 387 g/mol. The molecular formula is C21H23ClN2O3. The number of hydrogen-bond acceptors (Lipinski definition) is 3. The number of ether oxygens (including phenoxy) is 2. The highest BCUT2D eigenvalue weighted by atomic mass is 35.5. The Morgan fingerprint density at radius 1 is 1.15 bits per heavy atom. The number of halogens is 1. The summed E-state index contributed by atoms with van der Waals surface area (Å²) in [5.74, 6) is 0.679. The normalized spacial score (nSPS) is 12.1. The van der Waals surface area contributed by atoms with Crippen LogP contribution in [-0.2, 0) is 11.2 Å². The number of aromatic amines is 1. The highest BCUT2D eigenvalue weighted by molar-refractivity contribution is 6.31. The zero-order chi connectivity index (χ0) is 19.2. The highest BCUT2D eigenvalue weighted by Gasteiger charge is 2.13. The van der Waals surface area contributed by atoms with Crippen LogP contribution in [0.4, 0.5) is 0 Å². The molecule has 142 valence electrons. The monoisotopic (exact) mass is 386 g/mol. The zero-order valence-electron chi connectivity index (χ0n) is 15.4. The molecule has 0 bridgehead atoms. The third-order valence-electron chi connectivity index (χ3n) is 4.23. The Kier molecular flexibility index (Phi) is 6.37. The quantitative estimate of drug-likeness (QED) is 0.570. The number of nitrogens with one attached hydrogen (secondary N) is 2. The molecule has 0 saturated heterocycles. The fraction of sp³-hybridized carbons (Fsp3) is 0.286. The lowest BCUT2D eigenvalue weighted by Gasteiger charge is -2.14. The van der Waals surface area contributed by atoms with E-state index in [9.17, 15) is 4.79 Å². The van der Waals surface area contributed by atoms with E-state index in [-0.39, 0.29) is 11.9 Å². The van der Waals surface area contributed by atoms with E-state index in [0.29, 0.717) is 23.9 Å². The first-order valence-electron chi connectivity index (χ1n) is 8.85. The van der Waals surface area contributed by atoms with Gasteiger partial charge in [0.1, 0.15) is 18.1 Å². The van der Waals surface area contributed by atoms with Gasteiger partial charge in [0.05, 0.1) is 6.61 Å². The van der Waals surface area contributed by atoms with Gasteiger partial charge in [-0.2, -0.15) is 0 Å². The van der Waals surface area contributed by atoms with Crippen molar-refractivity contribution in [1.82, 2.24) is 10.3 Å². The van der Waals surface area contributed by atoms with Gasteiger partial charge in [-0.05, 0) is 55.3 Å². The van der Waals surface area contributed by atoms with Crippen LogP contribution in [0.2, 0.25) is 5.02 Å². The van der Waals surface area contributed by atoms with Crippen LogP contribution in [0.3, 0.4) is 0 Å². The lowest BCUT2D eigenvalue weighted by atomic mass is 10.1. The van der Waals surface area contributed by atoms with Crippen LogP contribution < -0.4 is 10.1 Å². The minimum Gasteiger partial charge on any atom is -0.491 e. The van der Waals surface area contributed by atoms with E-state index in [0.717, 1.165) is 28.6 Å². The maximum atomic E-state index is 12.5. The molecule has 1 unspecified atom stereocenters. The Bertz CT molecular complexity index is 905. The first-order chi connectivity index (χ1) is 13.0. The molecule has 0 aliphatic heterocycles. The van der Waals surface area contributed by atoms with E-state index in [1.165, 1.54) is 0 Å². The van der Waals surface area contributed by atoms with Gasteiger partial charge in [-0.1, -0.05) is 23.7 Å². The first-order valence-corrected chi connectivity index (χ1v) is 9.23. The molecule has 3 aromatic rings. The number of fused-ring (bicyclic) bond motifs is 1. The summed E-state index contributed by atoms with van der Waals surface area (Å²) < 4.78 is 10.5. The van der Waals surface area contributed by atoms with E-state index < -0.39 is 0 Å². The number of methoxy groups -OCH3 is 1. The lowest BCUT2D eigenvalue weighted by Crippen LogP contribution is -2.34. The van der Waals surface area contributed by atoms with Crippen LogP contribution in [0.25, 0.3) is 10.9 Å². The summed E-state index contributed by atoms with van der Waals surface area (Å²) in [6.45, 7) is 3.07. The molecule has 6 heteroatoms. The molecule has 1 heterocycles. The predicted octanol–water partition coefficient (Wildman–Crippen LogP) is 4.21. The van der Waals surface area contributed by atoms with Crippen LogP contribution in [0.5, 0.6) is 5.75 Å². The molecule has 0 radical (unpaired) electrons. The van der Waals surface area contributed by atoms with Crippen molar-refractivity contribution < 1.29 is 14.3 Å². The van der Waals surface area contributed by atoms with Crippen molar-refractivity contribution in [3.8, 4) is 5.75 Å². The van der Waals surface area contributed by atoms with E-state index >= 15 is 0 Å². The topological polar surface area (TPSA) is 63.4 Å². The maximum absolute atomic E-state index is 12.5. The van der Waals surface area contributed by atoms with Crippen molar-refractivity contribution in [3.05, 3.63) is 64.8 Å². The average Bonchev–Trinajstić information content (AvgIpc) is 3.06. The third kappa shape index (κ3) is 5.25. The van der Waals surface area contributed by atoms with Crippen molar-refractivity contribution in [2.75, 3.05) is 20.3 Å². The van der Waals surface area contributed by atoms with E-state index in [1.54, 1.807) is 13.2 Å². The molecule has 0 aliphatic carbocycles. The van der Waals surface area contributed by atoms with E-state index in [1.807, 2.05) is 49.4 Å². The number of aromatic nitrogens is 1. The first kappa shape index (κ1) is 19.3. The molecule has 0 fully saturated rings. The molecule has 0 spiro atoms. The fourth-order valence-electron chi connectivity index (χ4n) is 2.90. The summed E-state index contributed by atoms with van der Waals surface area (Å²) in [5.41, 5.74) is 2.55. The summed E-state index contributed by atoms with van der Waals surface area (Å²) in [6.07, 6.45) is 0.732. The molecule has 2 N–H and O–H groups in total. The van der Waals surface area contributed by atoms with Crippen molar-refractivity contribution in [3.63, 3.8) is 0 Å². The van der Waals surface area contributed by atoms with Crippen LogP contribution >= 0.6 is 11.6 Å². The second-order valence-electron chi connectivity index (χ2n) is 6.48. The minimum absolute atomic E-state index is 0.00670. The van der Waals surface area contributed by atoms with Crippen LogP contribution in [0.1, 0.15) is 23.0 Å². The Balaban J connectivity index is 1.56. The van der Waals surface area contributed by atoms with Gasteiger partial charge in [0.25, 0.3) is 5.91 Å². The Labute approximate surface area is 163 Å². The second-order valence-corrected chi connectivity index (χ2v) is 6.91. The Morgan fingerprint density at radius 2 is 1.93 bits per heavy atom. The number of carbonyl (C=O) groups excluding carboxylic acids is 1. The lowest BCUT2D eigenvalue weighted by molar-refractivity contribution is 0.0936. The fourth-order valence-corrected chi connectivity index (χ4v) is 3.08. The van der Waals surface area contributed by atoms with Gasteiger partial charge >= 0.3 is 0 Å². The highest BCUT2D eigenvalue weighted by Crippen LogP contribution is 2.20. The number of H-pyrrole nitrogens is 1.